The predicted octanol–water partition coefficient (Wildman–Crippen LogP) is -5.86. The zero-order valence-corrected chi connectivity index (χ0v) is 11.5. The smallest absolute Gasteiger partial charge is 1.00 e. The molecule has 0 unspecified atom stereocenters. The number of carboxylic acid groups (broad SMARTS) is 2. The summed E-state index contributed by atoms with van der Waals surface area (Å²) in [6.45, 7) is 0. The summed E-state index contributed by atoms with van der Waals surface area (Å²) < 4.78 is 22.8. The van der Waals surface area contributed by atoms with Crippen molar-refractivity contribution in [2.75, 3.05) is 0 Å². The second kappa shape index (κ2) is 17.2. The molecule has 0 aliphatic rings. The number of carbonyl (C=O) groups is 1. The minimum atomic E-state index is -2.61. The summed E-state index contributed by atoms with van der Waals surface area (Å²) in [4.78, 5) is 8.56. The predicted molar refractivity (Wildman–Crippen MR) is 26.3 cm³/mol. The summed E-state index contributed by atoms with van der Waals surface area (Å²) >= 11 is -2.61. The molecule has 0 aliphatic heterocycles. The van der Waals surface area contributed by atoms with Gasteiger partial charge < -0.3 is 13.1 Å². The molecule has 0 saturated heterocycles. The van der Waals surface area contributed by atoms with Gasteiger partial charge in [0.1, 0.15) is 0 Å². The second-order valence-electron chi connectivity index (χ2n) is 0.513. The number of hydrogen-bond acceptors (Lipinski definition) is 2. The van der Waals surface area contributed by atoms with E-state index in [-0.39, 0.29) is 83.8 Å². The molecule has 0 fully saturated rings. The Bertz CT molecular complexity index is 83.5. The summed E-state index contributed by atoms with van der Waals surface area (Å²) in [5.41, 5.74) is 0. The van der Waals surface area contributed by atoms with E-state index in [1.54, 1.807) is 0 Å². The number of hydrogen-bond donors (Lipinski definition) is 4. The van der Waals surface area contributed by atoms with Gasteiger partial charge in [0.15, 0.2) is 0 Å². The minimum absolute atomic E-state index is 0. The molecule has 4 N–H and O–H groups in total. The van der Waals surface area contributed by atoms with E-state index in [4.69, 9.17) is 28.3 Å². The monoisotopic (exact) mass is 208 g/mol. The summed E-state index contributed by atoms with van der Waals surface area (Å²) in [6, 6.07) is 0. The zero-order chi connectivity index (χ0) is 7.15. The molecule has 0 bridgehead atoms. The van der Waals surface area contributed by atoms with Crippen LogP contribution in [0.4, 0.5) is 4.79 Å². The average molecular weight is 208 g/mol. The second-order valence-corrected chi connectivity index (χ2v) is 0.975. The summed E-state index contributed by atoms with van der Waals surface area (Å²) in [5.74, 6) is 0. The first-order chi connectivity index (χ1) is 3.46. The van der Waals surface area contributed by atoms with Crippen LogP contribution in [-0.4, -0.2) is 29.7 Å². The molecule has 0 atom stereocenters. The standard InChI is InChI=1S/CH2O3.K.Na.H2O3S.2H/c2-1(3)4;;;1-4(2)3;;/h(H2,2,3,4);;;(H2,1,2,3);;/q;2*+1;;2*-1. The van der Waals surface area contributed by atoms with E-state index in [0.717, 1.165) is 0 Å². The molecule has 6 nitrogen and oxygen atoms in total. The molecule has 0 aromatic carbocycles. The maximum absolute atomic E-state index is 8.67. The van der Waals surface area contributed by atoms with Crippen molar-refractivity contribution in [3.05, 3.63) is 0 Å². The van der Waals surface area contributed by atoms with Gasteiger partial charge in [-0.25, -0.2) is 4.79 Å². The molecule has 0 radical (unpaired) electrons. The van der Waals surface area contributed by atoms with Crippen LogP contribution in [0.1, 0.15) is 2.85 Å². The van der Waals surface area contributed by atoms with E-state index in [1.807, 2.05) is 0 Å². The first kappa shape index (κ1) is 22.7. The zero-order valence-electron chi connectivity index (χ0n) is 7.51. The van der Waals surface area contributed by atoms with Gasteiger partial charge in [0, 0.05) is 0 Å². The normalized spacial score (nSPS) is 5.90. The third-order valence-corrected chi connectivity index (χ3v) is 0. The van der Waals surface area contributed by atoms with E-state index >= 15 is 0 Å². The van der Waals surface area contributed by atoms with Crippen LogP contribution in [0.15, 0.2) is 0 Å². The number of rotatable bonds is 0. The Labute approximate surface area is 127 Å². The molecule has 0 heterocycles. The van der Waals surface area contributed by atoms with Crippen LogP contribution >= 0.6 is 0 Å². The van der Waals surface area contributed by atoms with Gasteiger partial charge in [0.25, 0.3) is 11.4 Å². The Morgan fingerprint density at radius 1 is 1.30 bits per heavy atom. The first-order valence-electron chi connectivity index (χ1n) is 1.18. The van der Waals surface area contributed by atoms with Crippen molar-refractivity contribution >= 4 is 17.5 Å². The van der Waals surface area contributed by atoms with Crippen molar-refractivity contribution in [3.8, 4) is 0 Å². The molecule has 10 heavy (non-hydrogen) atoms. The van der Waals surface area contributed by atoms with Crippen LogP contribution in [-0.2, 0) is 11.4 Å². The average Bonchev–Trinajstić information content (AvgIpc) is 1.25. The van der Waals surface area contributed by atoms with Gasteiger partial charge in [-0.15, -0.1) is 0 Å². The third-order valence-electron chi connectivity index (χ3n) is 0. The summed E-state index contributed by atoms with van der Waals surface area (Å²) in [6.07, 6.45) is -1.83. The fraction of sp³-hybridized carbons (Fsp3) is 0. The molecule has 0 saturated carbocycles. The van der Waals surface area contributed by atoms with Crippen molar-refractivity contribution < 1.29 is 112 Å². The van der Waals surface area contributed by atoms with Crippen LogP contribution in [0, 0.1) is 0 Å². The van der Waals surface area contributed by atoms with Gasteiger partial charge in [0.05, 0.1) is 0 Å². The van der Waals surface area contributed by atoms with Gasteiger partial charge >= 0.3 is 87.1 Å². The third kappa shape index (κ3) is 206. The van der Waals surface area contributed by atoms with Crippen LogP contribution < -0.4 is 80.9 Å². The van der Waals surface area contributed by atoms with Gasteiger partial charge in [-0.3, -0.25) is 9.11 Å². The van der Waals surface area contributed by atoms with E-state index in [0.29, 0.717) is 0 Å². The fourth-order valence-corrected chi connectivity index (χ4v) is 0. The Balaban J connectivity index is -0.0000000112. The van der Waals surface area contributed by atoms with Crippen LogP contribution in [0.3, 0.4) is 0 Å². The van der Waals surface area contributed by atoms with Gasteiger partial charge in [0.2, 0.25) is 0 Å². The molecule has 0 aromatic heterocycles. The maximum atomic E-state index is 8.67. The molecular weight excluding hydrogens is 202 g/mol. The molecule has 0 spiro atoms. The first-order valence-corrected chi connectivity index (χ1v) is 2.25. The van der Waals surface area contributed by atoms with Gasteiger partial charge in [-0.05, 0) is 0 Å². The topological polar surface area (TPSA) is 115 Å². The van der Waals surface area contributed by atoms with E-state index < -0.39 is 17.5 Å². The van der Waals surface area contributed by atoms with Gasteiger partial charge in [-0.1, -0.05) is 0 Å². The van der Waals surface area contributed by atoms with Crippen molar-refractivity contribution in [2.24, 2.45) is 0 Å². The molecule has 0 rings (SSSR count). The summed E-state index contributed by atoms with van der Waals surface area (Å²) in [5, 5.41) is 13.9. The van der Waals surface area contributed by atoms with Crippen molar-refractivity contribution in [1.82, 2.24) is 0 Å². The Morgan fingerprint density at radius 3 is 1.30 bits per heavy atom. The maximum Gasteiger partial charge on any atom is 1.00 e. The molecule has 0 aliphatic carbocycles. The summed E-state index contributed by atoms with van der Waals surface area (Å²) in [7, 11) is 0. The van der Waals surface area contributed by atoms with Crippen LogP contribution in [0.25, 0.3) is 0 Å². The fourth-order valence-electron chi connectivity index (χ4n) is 0. The van der Waals surface area contributed by atoms with E-state index in [1.165, 1.54) is 0 Å². The van der Waals surface area contributed by atoms with Gasteiger partial charge in [-0.2, -0.15) is 4.21 Å². The molecule has 9 heteroatoms. The van der Waals surface area contributed by atoms with Crippen molar-refractivity contribution in [1.29, 1.82) is 0 Å². The van der Waals surface area contributed by atoms with E-state index in [9.17, 15) is 0 Å². The molecular formula is CH6KNaO6S. The largest absolute Gasteiger partial charge is 1.00 e. The molecule has 0 amide bonds. The Kier molecular flexibility index (Phi) is 38.9. The van der Waals surface area contributed by atoms with Crippen LogP contribution in [0.2, 0.25) is 0 Å². The molecule has 54 valence electrons. The molecule has 0 aromatic rings. The Hall–Kier alpha value is 1.98. The van der Waals surface area contributed by atoms with Crippen molar-refractivity contribution in [3.63, 3.8) is 0 Å². The Morgan fingerprint density at radius 2 is 1.30 bits per heavy atom. The quantitative estimate of drug-likeness (QED) is 0.233. The van der Waals surface area contributed by atoms with Crippen LogP contribution in [0.5, 0.6) is 0 Å². The van der Waals surface area contributed by atoms with E-state index in [2.05, 4.69) is 0 Å². The minimum Gasteiger partial charge on any atom is -1.00 e. The van der Waals surface area contributed by atoms with Crippen molar-refractivity contribution in [2.45, 2.75) is 0 Å². The SMILES string of the molecule is O=C(O)O.O=S(O)O.[H-].[H-].[K+].[Na+].